The highest BCUT2D eigenvalue weighted by Gasteiger charge is 2.36. The number of fused-ring (bicyclic) bond motifs is 1. The molecule has 6 nitrogen and oxygen atoms in total. The summed E-state index contributed by atoms with van der Waals surface area (Å²) in [6.07, 6.45) is 0.628. The lowest BCUT2D eigenvalue weighted by Crippen LogP contribution is -2.35. The lowest BCUT2D eigenvalue weighted by molar-refractivity contribution is -0.385. The Kier molecular flexibility index (Phi) is 3.60. The molecule has 2 aromatic carbocycles. The summed E-state index contributed by atoms with van der Waals surface area (Å²) in [6, 6.07) is 11.1. The van der Waals surface area contributed by atoms with Crippen molar-refractivity contribution >= 4 is 21.4 Å². The van der Waals surface area contributed by atoms with E-state index in [-0.39, 0.29) is 16.6 Å². The van der Waals surface area contributed by atoms with Crippen LogP contribution in [0.4, 0.5) is 11.4 Å². The molecule has 0 unspecified atom stereocenters. The van der Waals surface area contributed by atoms with Crippen LogP contribution in [0.2, 0.25) is 0 Å². The molecule has 0 aliphatic carbocycles. The Morgan fingerprint density at radius 2 is 1.91 bits per heavy atom. The third kappa shape index (κ3) is 2.46. The SMILES string of the molecule is Cc1ccc(S(=O)(=O)N2c3ccccc3C[C@@H]2C)cc1[N+](=O)[O-]. The van der Waals surface area contributed by atoms with Gasteiger partial charge in [0.15, 0.2) is 0 Å². The van der Waals surface area contributed by atoms with Crippen LogP contribution >= 0.6 is 0 Å². The first-order valence-corrected chi connectivity index (χ1v) is 8.64. The Morgan fingerprint density at radius 1 is 1.22 bits per heavy atom. The highest BCUT2D eigenvalue weighted by Crippen LogP contribution is 2.37. The minimum atomic E-state index is -3.85. The first-order valence-electron chi connectivity index (χ1n) is 7.20. The zero-order valence-electron chi connectivity index (χ0n) is 12.8. The predicted octanol–water partition coefficient (Wildman–Crippen LogP) is 3.04. The number of benzene rings is 2. The topological polar surface area (TPSA) is 80.5 Å². The van der Waals surface area contributed by atoms with Gasteiger partial charge in [-0.2, -0.15) is 0 Å². The molecule has 120 valence electrons. The van der Waals surface area contributed by atoms with Gasteiger partial charge in [0.05, 0.1) is 15.5 Å². The maximum Gasteiger partial charge on any atom is 0.273 e. The monoisotopic (exact) mass is 332 g/mol. The average molecular weight is 332 g/mol. The quantitative estimate of drug-likeness (QED) is 0.639. The summed E-state index contributed by atoms with van der Waals surface area (Å²) in [5.41, 5.74) is 1.85. The molecule has 3 rings (SSSR count). The molecule has 1 heterocycles. The molecule has 0 aromatic heterocycles. The summed E-state index contributed by atoms with van der Waals surface area (Å²) in [7, 11) is -3.85. The van der Waals surface area contributed by atoms with Gasteiger partial charge in [0.25, 0.3) is 15.7 Å². The van der Waals surface area contributed by atoms with Crippen molar-refractivity contribution in [2.75, 3.05) is 4.31 Å². The van der Waals surface area contributed by atoms with E-state index in [1.54, 1.807) is 19.1 Å². The summed E-state index contributed by atoms with van der Waals surface area (Å²) in [4.78, 5) is 10.5. The number of nitrogens with zero attached hydrogens (tertiary/aromatic N) is 2. The fourth-order valence-corrected chi connectivity index (χ4v) is 4.68. The number of hydrogen-bond donors (Lipinski definition) is 0. The average Bonchev–Trinajstić information content (AvgIpc) is 2.83. The fraction of sp³-hybridized carbons (Fsp3) is 0.250. The largest absolute Gasteiger partial charge is 0.273 e. The zero-order valence-corrected chi connectivity index (χ0v) is 13.6. The van der Waals surface area contributed by atoms with Crippen LogP contribution in [0.15, 0.2) is 47.4 Å². The number of sulfonamides is 1. The number of anilines is 1. The van der Waals surface area contributed by atoms with E-state index in [9.17, 15) is 18.5 Å². The molecule has 2 aromatic rings. The molecule has 0 saturated heterocycles. The van der Waals surface area contributed by atoms with Crippen molar-refractivity contribution in [3.05, 3.63) is 63.7 Å². The molecular weight excluding hydrogens is 316 g/mol. The van der Waals surface area contributed by atoms with Crippen LogP contribution in [0.3, 0.4) is 0 Å². The smallest absolute Gasteiger partial charge is 0.263 e. The molecule has 0 saturated carbocycles. The number of aryl methyl sites for hydroxylation is 1. The van der Waals surface area contributed by atoms with Gasteiger partial charge in [0.1, 0.15) is 0 Å². The minimum Gasteiger partial charge on any atom is -0.263 e. The molecule has 0 fully saturated rings. The highest BCUT2D eigenvalue weighted by molar-refractivity contribution is 7.92. The van der Waals surface area contributed by atoms with Crippen LogP contribution in [-0.2, 0) is 16.4 Å². The van der Waals surface area contributed by atoms with Crippen LogP contribution in [0.1, 0.15) is 18.1 Å². The Bertz CT molecular complexity index is 893. The molecule has 0 radical (unpaired) electrons. The van der Waals surface area contributed by atoms with E-state index >= 15 is 0 Å². The maximum atomic E-state index is 13.0. The summed E-state index contributed by atoms with van der Waals surface area (Å²) < 4.78 is 27.4. The van der Waals surface area contributed by atoms with Gasteiger partial charge in [-0.05, 0) is 38.0 Å². The van der Waals surface area contributed by atoms with E-state index in [1.165, 1.54) is 16.4 Å². The van der Waals surface area contributed by atoms with Gasteiger partial charge in [-0.3, -0.25) is 14.4 Å². The molecule has 23 heavy (non-hydrogen) atoms. The standard InChI is InChI=1S/C16H16N2O4S/c1-11-7-8-14(10-16(11)18(19)20)23(21,22)17-12(2)9-13-5-3-4-6-15(13)17/h3-8,10,12H,9H2,1-2H3/t12-/m0/s1. The van der Waals surface area contributed by atoms with E-state index in [2.05, 4.69) is 0 Å². The van der Waals surface area contributed by atoms with Crippen molar-refractivity contribution in [3.63, 3.8) is 0 Å². The Labute approximate surface area is 134 Å². The minimum absolute atomic E-state index is 0.0571. The van der Waals surface area contributed by atoms with Gasteiger partial charge < -0.3 is 0 Å². The van der Waals surface area contributed by atoms with Crippen molar-refractivity contribution in [2.24, 2.45) is 0 Å². The first-order chi connectivity index (χ1) is 10.8. The molecule has 7 heteroatoms. The van der Waals surface area contributed by atoms with E-state index < -0.39 is 14.9 Å². The third-order valence-electron chi connectivity index (χ3n) is 4.08. The normalized spacial score (nSPS) is 17.1. The zero-order chi connectivity index (χ0) is 16.8. The van der Waals surface area contributed by atoms with Gasteiger partial charge in [-0.25, -0.2) is 8.42 Å². The number of hydrogen-bond acceptors (Lipinski definition) is 4. The van der Waals surface area contributed by atoms with Gasteiger partial charge in [-0.15, -0.1) is 0 Å². The second kappa shape index (κ2) is 5.34. The molecule has 0 amide bonds. The van der Waals surface area contributed by atoms with Gasteiger partial charge >= 0.3 is 0 Å². The number of nitro groups is 1. The van der Waals surface area contributed by atoms with Crippen molar-refractivity contribution < 1.29 is 13.3 Å². The number of rotatable bonds is 3. The van der Waals surface area contributed by atoms with Crippen molar-refractivity contribution in [1.29, 1.82) is 0 Å². The summed E-state index contributed by atoms with van der Waals surface area (Å²) in [5.74, 6) is 0. The molecule has 1 atom stereocenters. The number of nitro benzene ring substituents is 1. The van der Waals surface area contributed by atoms with Crippen molar-refractivity contribution in [1.82, 2.24) is 0 Å². The lowest BCUT2D eigenvalue weighted by atomic mass is 10.1. The van der Waals surface area contributed by atoms with Crippen LogP contribution in [0.5, 0.6) is 0 Å². The van der Waals surface area contributed by atoms with Crippen LogP contribution in [0.25, 0.3) is 0 Å². The van der Waals surface area contributed by atoms with E-state index in [4.69, 9.17) is 0 Å². The summed E-state index contributed by atoms with van der Waals surface area (Å²) in [6.45, 7) is 3.42. The third-order valence-corrected chi connectivity index (χ3v) is 6.00. The van der Waals surface area contributed by atoms with Crippen LogP contribution in [0, 0.1) is 17.0 Å². The van der Waals surface area contributed by atoms with E-state index in [0.29, 0.717) is 17.7 Å². The summed E-state index contributed by atoms with van der Waals surface area (Å²) in [5, 5.41) is 11.1. The Hall–Kier alpha value is -2.41. The molecule has 0 N–H and O–H groups in total. The number of para-hydroxylation sites is 1. The fourth-order valence-electron chi connectivity index (χ4n) is 2.96. The molecule has 1 aliphatic rings. The van der Waals surface area contributed by atoms with Crippen LogP contribution < -0.4 is 4.31 Å². The Morgan fingerprint density at radius 3 is 2.61 bits per heavy atom. The van der Waals surface area contributed by atoms with E-state index in [0.717, 1.165) is 11.6 Å². The second-order valence-electron chi connectivity index (χ2n) is 5.69. The van der Waals surface area contributed by atoms with Crippen molar-refractivity contribution in [3.8, 4) is 0 Å². The van der Waals surface area contributed by atoms with E-state index in [1.807, 2.05) is 19.1 Å². The molecular formula is C16H16N2O4S. The second-order valence-corrected chi connectivity index (χ2v) is 7.50. The predicted molar refractivity (Wildman–Crippen MR) is 87.1 cm³/mol. The van der Waals surface area contributed by atoms with Gasteiger partial charge in [0, 0.05) is 17.7 Å². The maximum absolute atomic E-state index is 13.0. The van der Waals surface area contributed by atoms with Crippen LogP contribution in [-0.4, -0.2) is 19.4 Å². The molecule has 0 bridgehead atoms. The molecule has 1 aliphatic heterocycles. The first kappa shape index (κ1) is 15.5. The Balaban J connectivity index is 2.13. The van der Waals surface area contributed by atoms with Crippen molar-refractivity contribution in [2.45, 2.75) is 31.2 Å². The lowest BCUT2D eigenvalue weighted by Gasteiger charge is -2.24. The molecule has 0 spiro atoms. The highest BCUT2D eigenvalue weighted by atomic mass is 32.2. The van der Waals surface area contributed by atoms with Gasteiger partial charge in [-0.1, -0.05) is 24.3 Å². The van der Waals surface area contributed by atoms with Gasteiger partial charge in [0.2, 0.25) is 0 Å². The summed E-state index contributed by atoms with van der Waals surface area (Å²) >= 11 is 0.